The number of amides is 2. The maximum absolute atomic E-state index is 11.4. The zero-order valence-electron chi connectivity index (χ0n) is 24.0. The number of carbonyl (C=O) groups excluding carboxylic acids is 2. The zero-order valence-corrected chi connectivity index (χ0v) is 27.1. The van der Waals surface area contributed by atoms with E-state index in [0.717, 1.165) is 43.7 Å². The van der Waals surface area contributed by atoms with Crippen molar-refractivity contribution in [3.05, 3.63) is 125 Å². The number of pyridine rings is 2. The Bertz CT molecular complexity index is 2030. The van der Waals surface area contributed by atoms with E-state index in [1.165, 1.54) is 12.1 Å². The summed E-state index contributed by atoms with van der Waals surface area (Å²) in [6.45, 7) is 6.74. The van der Waals surface area contributed by atoms with Gasteiger partial charge in [-0.1, -0.05) is 60.6 Å². The number of benzene rings is 2. The molecular weight excluding hydrogens is 694 g/mol. The SMILES string of the molecule is C=CC(=O)Nc1cccc(-c2cnc3[nH]cc(Cl)c3c2)c1.C=CC(=O)Nc1cccc(B(O)O)c1.Clc1c[nH]c2ncc(Br)cc12. The molecule has 0 fully saturated rings. The van der Waals surface area contributed by atoms with E-state index < -0.39 is 7.12 Å². The van der Waals surface area contributed by atoms with Gasteiger partial charge in [0.05, 0.1) is 10.0 Å². The second-order valence-corrected chi connectivity index (χ2v) is 11.1. The van der Waals surface area contributed by atoms with Crippen molar-refractivity contribution in [2.24, 2.45) is 0 Å². The highest BCUT2D eigenvalue weighted by molar-refractivity contribution is 9.10. The van der Waals surface area contributed by atoms with Crippen molar-refractivity contribution in [3.63, 3.8) is 0 Å². The predicted octanol–water partition coefficient (Wildman–Crippen LogP) is 6.48. The number of aromatic nitrogens is 4. The van der Waals surface area contributed by atoms with Crippen LogP contribution in [0, 0.1) is 0 Å². The fourth-order valence-corrected chi connectivity index (χ4v) is 4.74. The molecule has 4 aromatic heterocycles. The van der Waals surface area contributed by atoms with Crippen molar-refractivity contribution in [1.29, 1.82) is 0 Å². The number of aromatic amines is 2. The molecule has 0 bridgehead atoms. The van der Waals surface area contributed by atoms with Crippen LogP contribution in [-0.4, -0.2) is 48.9 Å². The number of carbonyl (C=O) groups is 2. The van der Waals surface area contributed by atoms with E-state index in [1.807, 2.05) is 36.4 Å². The topological polar surface area (TPSA) is 156 Å². The minimum absolute atomic E-state index is 0.241. The standard InChI is InChI=1S/C16H12ClN3O.C9H10BNO3.C7H4BrClN2/c1-2-15(21)20-12-5-3-4-10(6-12)11-7-13-14(17)9-19-16(13)18-8-11;1-2-9(12)11-8-5-3-4-7(6-8)10(13)14;8-4-1-5-6(9)3-11-7(5)10-2-4/h2-9H,1H2,(H,18,19)(H,20,21);2-6,13-14H,1H2,(H,11,12);1-3H,(H,10,11). The second-order valence-electron chi connectivity index (χ2n) is 9.41. The molecule has 0 saturated carbocycles. The van der Waals surface area contributed by atoms with Gasteiger partial charge in [-0.2, -0.15) is 0 Å². The van der Waals surface area contributed by atoms with Gasteiger partial charge in [0.1, 0.15) is 11.3 Å². The molecule has 0 aliphatic carbocycles. The van der Waals surface area contributed by atoms with Crippen LogP contribution in [0.5, 0.6) is 0 Å². The molecule has 2 aromatic carbocycles. The molecule has 2 amide bonds. The van der Waals surface area contributed by atoms with E-state index in [1.54, 1.807) is 43.0 Å². The first kappa shape index (κ1) is 34.2. The highest BCUT2D eigenvalue weighted by Crippen LogP contribution is 2.28. The monoisotopic (exact) mass is 718 g/mol. The number of H-pyrrole nitrogens is 2. The Morgan fingerprint density at radius 2 is 1.33 bits per heavy atom. The molecule has 0 atom stereocenters. The molecule has 0 unspecified atom stereocenters. The first-order valence-electron chi connectivity index (χ1n) is 13.4. The van der Waals surface area contributed by atoms with Crippen LogP contribution in [-0.2, 0) is 9.59 Å². The molecule has 6 N–H and O–H groups in total. The van der Waals surface area contributed by atoms with Crippen LogP contribution in [0.3, 0.4) is 0 Å². The molecule has 0 aliphatic rings. The molecule has 10 nitrogen and oxygen atoms in total. The van der Waals surface area contributed by atoms with Crippen LogP contribution >= 0.6 is 39.1 Å². The van der Waals surface area contributed by atoms with Gasteiger partial charge in [0, 0.05) is 57.0 Å². The van der Waals surface area contributed by atoms with Crippen LogP contribution in [0.15, 0.2) is 115 Å². The zero-order chi connectivity index (χ0) is 33.2. The van der Waals surface area contributed by atoms with Crippen LogP contribution < -0.4 is 16.1 Å². The van der Waals surface area contributed by atoms with E-state index in [-0.39, 0.29) is 11.8 Å². The van der Waals surface area contributed by atoms with Gasteiger partial charge >= 0.3 is 7.12 Å². The van der Waals surface area contributed by atoms with Crippen molar-refractivity contribution in [2.45, 2.75) is 0 Å². The molecule has 0 radical (unpaired) electrons. The summed E-state index contributed by atoms with van der Waals surface area (Å²) in [6, 6.07) is 17.7. The van der Waals surface area contributed by atoms with Crippen molar-refractivity contribution >= 4 is 97.0 Å². The van der Waals surface area contributed by atoms with Gasteiger partial charge in [0.15, 0.2) is 0 Å². The van der Waals surface area contributed by atoms with Gasteiger partial charge in [-0.25, -0.2) is 9.97 Å². The summed E-state index contributed by atoms with van der Waals surface area (Å²) >= 11 is 15.3. The fourth-order valence-electron chi connectivity index (χ4n) is 4.02. The molecule has 232 valence electrons. The third-order valence-corrected chi connectivity index (χ3v) is 7.27. The second kappa shape index (κ2) is 16.0. The summed E-state index contributed by atoms with van der Waals surface area (Å²) in [4.78, 5) is 36.7. The first-order chi connectivity index (χ1) is 22.1. The number of nitrogens with zero attached hydrogens (tertiary/aromatic N) is 2. The Hall–Kier alpha value is -4.72. The lowest BCUT2D eigenvalue weighted by Gasteiger charge is -2.06. The molecule has 0 spiro atoms. The van der Waals surface area contributed by atoms with Gasteiger partial charge in [0.25, 0.3) is 0 Å². The van der Waals surface area contributed by atoms with E-state index in [9.17, 15) is 9.59 Å². The third-order valence-electron chi connectivity index (χ3n) is 6.21. The van der Waals surface area contributed by atoms with Crippen molar-refractivity contribution in [1.82, 2.24) is 19.9 Å². The molecule has 6 rings (SSSR count). The molecule has 14 heteroatoms. The summed E-state index contributed by atoms with van der Waals surface area (Å²) in [5.41, 5.74) is 4.98. The lowest BCUT2D eigenvalue weighted by Crippen LogP contribution is -2.29. The number of halogens is 3. The maximum Gasteiger partial charge on any atom is 0.488 e. The van der Waals surface area contributed by atoms with Gasteiger partial charge < -0.3 is 30.6 Å². The largest absolute Gasteiger partial charge is 0.488 e. The molecule has 46 heavy (non-hydrogen) atoms. The summed E-state index contributed by atoms with van der Waals surface area (Å²) in [6.07, 6.45) is 9.32. The van der Waals surface area contributed by atoms with Gasteiger partial charge in [-0.3, -0.25) is 9.59 Å². The minimum Gasteiger partial charge on any atom is -0.423 e. The summed E-state index contributed by atoms with van der Waals surface area (Å²) in [5, 5.41) is 26.1. The third kappa shape index (κ3) is 9.16. The van der Waals surface area contributed by atoms with E-state index >= 15 is 0 Å². The van der Waals surface area contributed by atoms with E-state index in [2.05, 4.69) is 59.7 Å². The highest BCUT2D eigenvalue weighted by Gasteiger charge is 2.11. The maximum atomic E-state index is 11.4. The molecule has 0 aliphatic heterocycles. The number of hydrogen-bond donors (Lipinski definition) is 6. The van der Waals surface area contributed by atoms with Gasteiger partial charge in [-0.15, -0.1) is 0 Å². The number of nitrogens with one attached hydrogen (secondary N) is 4. The lowest BCUT2D eigenvalue weighted by atomic mass is 9.80. The Morgan fingerprint density at radius 1 is 0.783 bits per heavy atom. The molecule has 0 saturated heterocycles. The van der Waals surface area contributed by atoms with Gasteiger partial charge in [-0.05, 0) is 75.5 Å². The minimum atomic E-state index is -1.53. The van der Waals surface area contributed by atoms with Crippen LogP contribution in [0.25, 0.3) is 33.2 Å². The van der Waals surface area contributed by atoms with E-state index in [0.29, 0.717) is 26.9 Å². The average Bonchev–Trinajstić information content (AvgIpc) is 3.62. The van der Waals surface area contributed by atoms with Crippen LogP contribution in [0.1, 0.15) is 0 Å². The normalized spacial score (nSPS) is 10.2. The quantitative estimate of drug-likeness (QED) is 0.0856. The van der Waals surface area contributed by atoms with Crippen LogP contribution in [0.4, 0.5) is 11.4 Å². The number of fused-ring (bicyclic) bond motifs is 2. The van der Waals surface area contributed by atoms with Crippen LogP contribution in [0.2, 0.25) is 10.0 Å². The molecule has 6 aromatic rings. The predicted molar refractivity (Wildman–Crippen MR) is 189 cm³/mol. The van der Waals surface area contributed by atoms with Crippen molar-refractivity contribution in [2.75, 3.05) is 10.6 Å². The van der Waals surface area contributed by atoms with Crippen molar-refractivity contribution in [3.8, 4) is 11.1 Å². The summed E-state index contributed by atoms with van der Waals surface area (Å²) < 4.78 is 0.937. The molecule has 4 heterocycles. The van der Waals surface area contributed by atoms with Crippen molar-refractivity contribution < 1.29 is 19.6 Å². The number of rotatable bonds is 6. The average molecular weight is 720 g/mol. The summed E-state index contributed by atoms with van der Waals surface area (Å²) in [7, 11) is -1.53. The Labute approximate surface area is 282 Å². The van der Waals surface area contributed by atoms with Gasteiger partial charge in [0.2, 0.25) is 11.8 Å². The fraction of sp³-hybridized carbons (Fsp3) is 0. The smallest absolute Gasteiger partial charge is 0.423 e. The summed E-state index contributed by atoms with van der Waals surface area (Å²) in [5.74, 6) is -0.580. The number of hydrogen-bond acceptors (Lipinski definition) is 6. The lowest BCUT2D eigenvalue weighted by molar-refractivity contribution is -0.112. The Kier molecular flexibility index (Phi) is 11.9. The Balaban J connectivity index is 0.000000167. The highest BCUT2D eigenvalue weighted by atomic mass is 79.9. The first-order valence-corrected chi connectivity index (χ1v) is 15.0. The van der Waals surface area contributed by atoms with E-state index in [4.69, 9.17) is 33.2 Å². The number of anilines is 2. The molecular formula is C32H26BBrCl2N6O4. The Morgan fingerprint density at radius 3 is 1.91 bits per heavy atom.